The molecule has 0 fully saturated rings. The molecule has 0 radical (unpaired) electrons. The highest BCUT2D eigenvalue weighted by Gasteiger charge is 2.31. The third-order valence-electron chi connectivity index (χ3n) is 3.09. The van der Waals surface area contributed by atoms with Crippen LogP contribution in [-0.4, -0.2) is 29.8 Å². The van der Waals surface area contributed by atoms with E-state index in [-0.39, 0.29) is 13.0 Å². The van der Waals surface area contributed by atoms with Crippen molar-refractivity contribution in [3.63, 3.8) is 0 Å². The van der Waals surface area contributed by atoms with E-state index in [0.29, 0.717) is 12.1 Å². The third kappa shape index (κ3) is 3.68. The lowest BCUT2D eigenvalue weighted by atomic mass is 10.1. The van der Waals surface area contributed by atoms with Crippen LogP contribution >= 0.6 is 0 Å². The van der Waals surface area contributed by atoms with Crippen molar-refractivity contribution < 1.29 is 19.1 Å². The molecule has 5 heteroatoms. The van der Waals surface area contributed by atoms with E-state index in [2.05, 4.69) is 0 Å². The van der Waals surface area contributed by atoms with Gasteiger partial charge in [-0.25, -0.2) is 0 Å². The van der Waals surface area contributed by atoms with Gasteiger partial charge in [0.15, 0.2) is 0 Å². The summed E-state index contributed by atoms with van der Waals surface area (Å²) in [5, 5.41) is 0. The van der Waals surface area contributed by atoms with Crippen LogP contribution in [0.2, 0.25) is 0 Å². The number of rotatable bonds is 2. The Morgan fingerprint density at radius 2 is 1.86 bits per heavy atom. The van der Waals surface area contributed by atoms with Gasteiger partial charge in [-0.2, -0.15) is 0 Å². The zero-order valence-electron chi connectivity index (χ0n) is 12.5. The molecule has 0 bridgehead atoms. The Bertz CT molecular complexity index is 586. The standard InChI is InChI=1S/C16H19NO4/c1-16(2,3)21-14(19)10-17-12-7-5-4-6-11(12)8-9-13(18)15(17)20/h4-7H,8-10H2,1-3H3. The fourth-order valence-corrected chi connectivity index (χ4v) is 2.26. The van der Waals surface area contributed by atoms with Crippen LogP contribution in [0.1, 0.15) is 32.8 Å². The molecule has 1 heterocycles. The van der Waals surface area contributed by atoms with Crippen LogP contribution in [-0.2, 0) is 25.5 Å². The number of nitrogens with zero attached hydrogens (tertiary/aromatic N) is 1. The lowest BCUT2D eigenvalue weighted by molar-refractivity contribution is -0.153. The van der Waals surface area contributed by atoms with E-state index >= 15 is 0 Å². The molecular formula is C16H19NO4. The van der Waals surface area contributed by atoms with Gasteiger partial charge in [-0.15, -0.1) is 0 Å². The summed E-state index contributed by atoms with van der Waals surface area (Å²) in [6, 6.07) is 7.24. The Labute approximate surface area is 123 Å². The highest BCUT2D eigenvalue weighted by molar-refractivity contribution is 6.42. The number of Topliss-reactive ketones (excluding diaryl/α,β-unsaturated/α-hetero) is 1. The molecule has 0 atom stereocenters. The van der Waals surface area contributed by atoms with Crippen LogP contribution in [0.15, 0.2) is 24.3 Å². The first-order chi connectivity index (χ1) is 9.78. The number of carbonyl (C=O) groups excluding carboxylic acids is 3. The first-order valence-electron chi connectivity index (χ1n) is 6.92. The van der Waals surface area contributed by atoms with E-state index in [0.717, 1.165) is 5.56 Å². The number of anilines is 1. The normalized spacial score (nSPS) is 15.5. The number of aryl methyl sites for hydroxylation is 1. The number of fused-ring (bicyclic) bond motifs is 1. The van der Waals surface area contributed by atoms with Crippen molar-refractivity contribution >= 4 is 23.3 Å². The minimum Gasteiger partial charge on any atom is -0.459 e. The van der Waals surface area contributed by atoms with Gasteiger partial charge in [0.1, 0.15) is 12.1 Å². The van der Waals surface area contributed by atoms with Crippen molar-refractivity contribution in [2.75, 3.05) is 11.4 Å². The average Bonchev–Trinajstić information content (AvgIpc) is 2.49. The summed E-state index contributed by atoms with van der Waals surface area (Å²) in [7, 11) is 0. The molecule has 2 rings (SSSR count). The van der Waals surface area contributed by atoms with Gasteiger partial charge >= 0.3 is 5.97 Å². The number of hydrogen-bond donors (Lipinski definition) is 0. The second-order valence-electron chi connectivity index (χ2n) is 6.03. The lowest BCUT2D eigenvalue weighted by Gasteiger charge is -2.24. The molecule has 0 aliphatic carbocycles. The molecule has 1 aliphatic rings. The number of benzene rings is 1. The number of hydrogen-bond acceptors (Lipinski definition) is 4. The van der Waals surface area contributed by atoms with Crippen molar-refractivity contribution in [1.29, 1.82) is 0 Å². The summed E-state index contributed by atoms with van der Waals surface area (Å²) in [5.41, 5.74) is 0.870. The maximum atomic E-state index is 12.2. The van der Waals surface area contributed by atoms with Crippen LogP contribution in [0.5, 0.6) is 0 Å². The largest absolute Gasteiger partial charge is 0.459 e. The molecule has 112 valence electrons. The molecule has 1 aromatic rings. The van der Waals surface area contributed by atoms with E-state index in [4.69, 9.17) is 4.74 Å². The molecule has 0 saturated carbocycles. The number of para-hydroxylation sites is 1. The van der Waals surface area contributed by atoms with Gasteiger partial charge in [0, 0.05) is 12.1 Å². The molecule has 5 nitrogen and oxygen atoms in total. The minimum atomic E-state index is -0.647. The smallest absolute Gasteiger partial charge is 0.326 e. The topological polar surface area (TPSA) is 63.7 Å². The Balaban J connectivity index is 2.28. The Morgan fingerprint density at radius 1 is 1.19 bits per heavy atom. The van der Waals surface area contributed by atoms with E-state index in [1.54, 1.807) is 32.9 Å². The number of amides is 1. The highest BCUT2D eigenvalue weighted by Crippen LogP contribution is 2.25. The van der Waals surface area contributed by atoms with Gasteiger partial charge in [-0.05, 0) is 38.8 Å². The molecule has 0 N–H and O–H groups in total. The number of esters is 1. The van der Waals surface area contributed by atoms with Crippen LogP contribution in [0.3, 0.4) is 0 Å². The summed E-state index contributed by atoms with van der Waals surface area (Å²) in [5.74, 6) is -1.65. The molecule has 1 amide bonds. The first kappa shape index (κ1) is 15.2. The van der Waals surface area contributed by atoms with E-state index < -0.39 is 23.3 Å². The molecule has 1 aliphatic heterocycles. The second kappa shape index (κ2) is 5.68. The Hall–Kier alpha value is -2.17. The van der Waals surface area contributed by atoms with Crippen molar-refractivity contribution in [1.82, 2.24) is 0 Å². The van der Waals surface area contributed by atoms with Gasteiger partial charge in [0.05, 0.1) is 0 Å². The van der Waals surface area contributed by atoms with Crippen LogP contribution in [0, 0.1) is 0 Å². The molecule has 21 heavy (non-hydrogen) atoms. The lowest BCUT2D eigenvalue weighted by Crippen LogP contribution is -2.41. The fourth-order valence-electron chi connectivity index (χ4n) is 2.26. The van der Waals surface area contributed by atoms with Gasteiger partial charge in [0.2, 0.25) is 5.78 Å². The van der Waals surface area contributed by atoms with Gasteiger partial charge < -0.3 is 4.74 Å². The first-order valence-corrected chi connectivity index (χ1v) is 6.92. The van der Waals surface area contributed by atoms with E-state index in [9.17, 15) is 14.4 Å². The van der Waals surface area contributed by atoms with Gasteiger partial charge in [-0.3, -0.25) is 19.3 Å². The number of ether oxygens (including phenoxy) is 1. The summed E-state index contributed by atoms with van der Waals surface area (Å²) >= 11 is 0. The SMILES string of the molecule is CC(C)(C)OC(=O)CN1C(=O)C(=O)CCc2ccccc21. The number of ketones is 1. The fraction of sp³-hybridized carbons (Fsp3) is 0.438. The maximum absolute atomic E-state index is 12.2. The Kier molecular flexibility index (Phi) is 4.11. The summed E-state index contributed by atoms with van der Waals surface area (Å²) in [4.78, 5) is 37.2. The third-order valence-corrected chi connectivity index (χ3v) is 3.09. The van der Waals surface area contributed by atoms with Crippen LogP contribution in [0.4, 0.5) is 5.69 Å². The van der Waals surface area contributed by atoms with Crippen molar-refractivity contribution in [2.24, 2.45) is 0 Å². The van der Waals surface area contributed by atoms with Gasteiger partial charge in [-0.1, -0.05) is 18.2 Å². The molecule has 0 unspecified atom stereocenters. The molecular weight excluding hydrogens is 270 g/mol. The van der Waals surface area contributed by atoms with Crippen molar-refractivity contribution in [2.45, 2.75) is 39.2 Å². The maximum Gasteiger partial charge on any atom is 0.326 e. The average molecular weight is 289 g/mol. The summed E-state index contributed by atoms with van der Waals surface area (Å²) < 4.78 is 5.24. The van der Waals surface area contributed by atoms with E-state index in [1.165, 1.54) is 4.90 Å². The zero-order valence-corrected chi connectivity index (χ0v) is 12.5. The quantitative estimate of drug-likeness (QED) is 0.616. The monoisotopic (exact) mass is 289 g/mol. The highest BCUT2D eigenvalue weighted by atomic mass is 16.6. The van der Waals surface area contributed by atoms with Gasteiger partial charge in [0.25, 0.3) is 5.91 Å². The number of carbonyl (C=O) groups is 3. The predicted molar refractivity (Wildman–Crippen MR) is 78.0 cm³/mol. The van der Waals surface area contributed by atoms with Crippen molar-refractivity contribution in [3.05, 3.63) is 29.8 Å². The molecule has 1 aromatic carbocycles. The second-order valence-corrected chi connectivity index (χ2v) is 6.03. The minimum absolute atomic E-state index is 0.167. The Morgan fingerprint density at radius 3 is 2.52 bits per heavy atom. The summed E-state index contributed by atoms with van der Waals surface area (Å²) in [6.07, 6.45) is 0.673. The zero-order chi connectivity index (χ0) is 15.6. The van der Waals surface area contributed by atoms with E-state index in [1.807, 2.05) is 12.1 Å². The van der Waals surface area contributed by atoms with Crippen molar-refractivity contribution in [3.8, 4) is 0 Å². The molecule has 0 spiro atoms. The van der Waals surface area contributed by atoms with Crippen LogP contribution in [0.25, 0.3) is 0 Å². The molecule has 0 aromatic heterocycles. The van der Waals surface area contributed by atoms with Crippen LogP contribution < -0.4 is 4.90 Å². The summed E-state index contributed by atoms with van der Waals surface area (Å²) in [6.45, 7) is 5.02. The predicted octanol–water partition coefficient (Wildman–Crippen LogP) is 1.88. The molecule has 0 saturated heterocycles.